The summed E-state index contributed by atoms with van der Waals surface area (Å²) in [4.78, 5) is 2.67. The highest BCUT2D eigenvalue weighted by Gasteiger charge is 2.37. The summed E-state index contributed by atoms with van der Waals surface area (Å²) in [5.41, 5.74) is 6.39. The zero-order chi connectivity index (χ0) is 13.3. The van der Waals surface area contributed by atoms with E-state index in [1.807, 2.05) is 0 Å². The van der Waals surface area contributed by atoms with Gasteiger partial charge in [0, 0.05) is 18.7 Å². The van der Waals surface area contributed by atoms with Crippen molar-refractivity contribution in [3.05, 3.63) is 0 Å². The maximum absolute atomic E-state index is 8.78. The first kappa shape index (κ1) is 15.9. The Morgan fingerprint density at radius 3 is 2.28 bits per heavy atom. The van der Waals surface area contributed by atoms with Crippen LogP contribution in [0.1, 0.15) is 64.7 Å². The molecule has 0 aromatic heterocycles. The van der Waals surface area contributed by atoms with Crippen LogP contribution in [0.4, 0.5) is 0 Å². The van der Waals surface area contributed by atoms with Gasteiger partial charge in [-0.3, -0.25) is 4.90 Å². The van der Waals surface area contributed by atoms with Crippen LogP contribution in [-0.4, -0.2) is 41.8 Å². The summed E-state index contributed by atoms with van der Waals surface area (Å²) in [6.07, 6.45) is 11.1. The van der Waals surface area contributed by atoms with Crippen molar-refractivity contribution in [2.24, 2.45) is 5.73 Å². The third-order valence-electron chi connectivity index (χ3n) is 4.41. The molecule has 0 bridgehead atoms. The van der Waals surface area contributed by atoms with Crippen LogP contribution in [0.25, 0.3) is 0 Å². The van der Waals surface area contributed by atoms with Crippen molar-refractivity contribution in [3.63, 3.8) is 0 Å². The van der Waals surface area contributed by atoms with E-state index >= 15 is 0 Å². The SMILES string of the molecule is CCCN(CCCCCCO)C1(CN)CCCC1. The van der Waals surface area contributed by atoms with Gasteiger partial charge in [-0.25, -0.2) is 0 Å². The molecule has 3 heteroatoms. The van der Waals surface area contributed by atoms with Crippen LogP contribution >= 0.6 is 0 Å². The van der Waals surface area contributed by atoms with Gasteiger partial charge in [0.2, 0.25) is 0 Å². The molecular weight excluding hydrogens is 224 g/mol. The minimum Gasteiger partial charge on any atom is -0.396 e. The molecule has 1 saturated carbocycles. The monoisotopic (exact) mass is 256 g/mol. The molecule has 1 fully saturated rings. The molecular formula is C15H32N2O. The van der Waals surface area contributed by atoms with Gasteiger partial charge in [0.15, 0.2) is 0 Å². The maximum Gasteiger partial charge on any atom is 0.0431 e. The second-order valence-electron chi connectivity index (χ2n) is 5.76. The van der Waals surface area contributed by atoms with Crippen molar-refractivity contribution >= 4 is 0 Å². The Bertz CT molecular complexity index is 203. The first-order valence-electron chi connectivity index (χ1n) is 7.85. The van der Waals surface area contributed by atoms with Gasteiger partial charge in [0.25, 0.3) is 0 Å². The zero-order valence-corrected chi connectivity index (χ0v) is 12.2. The fourth-order valence-corrected chi connectivity index (χ4v) is 3.31. The third-order valence-corrected chi connectivity index (χ3v) is 4.41. The van der Waals surface area contributed by atoms with Crippen LogP contribution in [0.2, 0.25) is 0 Å². The molecule has 1 aliphatic carbocycles. The molecule has 0 saturated heterocycles. The number of aliphatic hydroxyl groups is 1. The number of nitrogens with zero attached hydrogens (tertiary/aromatic N) is 1. The molecule has 1 rings (SSSR count). The van der Waals surface area contributed by atoms with Gasteiger partial charge in [0.05, 0.1) is 0 Å². The molecule has 0 heterocycles. The van der Waals surface area contributed by atoms with Gasteiger partial charge >= 0.3 is 0 Å². The lowest BCUT2D eigenvalue weighted by Crippen LogP contribution is -2.52. The van der Waals surface area contributed by atoms with E-state index in [2.05, 4.69) is 11.8 Å². The average Bonchev–Trinajstić information content (AvgIpc) is 2.87. The molecule has 0 aliphatic heterocycles. The van der Waals surface area contributed by atoms with Crippen molar-refractivity contribution < 1.29 is 5.11 Å². The van der Waals surface area contributed by atoms with Gasteiger partial charge in [-0.2, -0.15) is 0 Å². The molecule has 0 aromatic carbocycles. The Balaban J connectivity index is 2.38. The number of hydrogen-bond donors (Lipinski definition) is 2. The molecule has 0 atom stereocenters. The molecule has 0 amide bonds. The molecule has 3 N–H and O–H groups in total. The highest BCUT2D eigenvalue weighted by molar-refractivity contribution is 4.95. The highest BCUT2D eigenvalue weighted by atomic mass is 16.2. The van der Waals surface area contributed by atoms with Crippen molar-refractivity contribution in [1.29, 1.82) is 0 Å². The lowest BCUT2D eigenvalue weighted by atomic mass is 9.94. The lowest BCUT2D eigenvalue weighted by Gasteiger charge is -2.41. The molecule has 108 valence electrons. The summed E-state index contributed by atoms with van der Waals surface area (Å²) in [6.45, 7) is 5.81. The van der Waals surface area contributed by atoms with E-state index in [0.717, 1.165) is 19.4 Å². The van der Waals surface area contributed by atoms with E-state index in [-0.39, 0.29) is 0 Å². The largest absolute Gasteiger partial charge is 0.396 e. The molecule has 0 unspecified atom stereocenters. The van der Waals surface area contributed by atoms with Crippen molar-refractivity contribution in [2.75, 3.05) is 26.2 Å². The zero-order valence-electron chi connectivity index (χ0n) is 12.2. The number of aliphatic hydroxyl groups excluding tert-OH is 1. The fraction of sp³-hybridized carbons (Fsp3) is 1.00. The Kier molecular flexibility index (Phi) is 7.87. The number of unbranched alkanes of at least 4 members (excludes halogenated alkanes) is 3. The smallest absolute Gasteiger partial charge is 0.0431 e. The number of nitrogens with two attached hydrogens (primary N) is 1. The summed E-state index contributed by atoms with van der Waals surface area (Å²) in [7, 11) is 0. The highest BCUT2D eigenvalue weighted by Crippen LogP contribution is 2.34. The molecule has 0 radical (unpaired) electrons. The minimum atomic E-state index is 0.312. The van der Waals surface area contributed by atoms with E-state index in [1.54, 1.807) is 0 Å². The van der Waals surface area contributed by atoms with E-state index in [0.29, 0.717) is 12.1 Å². The summed E-state index contributed by atoms with van der Waals surface area (Å²) in [5.74, 6) is 0. The van der Waals surface area contributed by atoms with E-state index < -0.39 is 0 Å². The fourth-order valence-electron chi connectivity index (χ4n) is 3.31. The Hall–Kier alpha value is -0.120. The predicted octanol–water partition coefficient (Wildman–Crippen LogP) is 2.52. The van der Waals surface area contributed by atoms with E-state index in [1.165, 1.54) is 58.0 Å². The van der Waals surface area contributed by atoms with Crippen LogP contribution in [0, 0.1) is 0 Å². The quantitative estimate of drug-likeness (QED) is 0.591. The molecule has 0 spiro atoms. The van der Waals surface area contributed by atoms with Crippen LogP contribution in [0.15, 0.2) is 0 Å². The number of hydrogen-bond acceptors (Lipinski definition) is 3. The second-order valence-corrected chi connectivity index (χ2v) is 5.76. The first-order valence-corrected chi connectivity index (χ1v) is 7.85. The topological polar surface area (TPSA) is 49.5 Å². The predicted molar refractivity (Wildman–Crippen MR) is 77.7 cm³/mol. The molecule has 18 heavy (non-hydrogen) atoms. The van der Waals surface area contributed by atoms with Gasteiger partial charge in [0.1, 0.15) is 0 Å². The Labute approximate surface area is 113 Å². The Morgan fingerprint density at radius 2 is 1.72 bits per heavy atom. The molecule has 3 nitrogen and oxygen atoms in total. The lowest BCUT2D eigenvalue weighted by molar-refractivity contribution is 0.0960. The minimum absolute atomic E-state index is 0.312. The van der Waals surface area contributed by atoms with Gasteiger partial charge < -0.3 is 10.8 Å². The van der Waals surface area contributed by atoms with Crippen molar-refractivity contribution in [1.82, 2.24) is 4.90 Å². The van der Waals surface area contributed by atoms with Gasteiger partial charge in [-0.1, -0.05) is 32.6 Å². The van der Waals surface area contributed by atoms with Gasteiger partial charge in [-0.15, -0.1) is 0 Å². The van der Waals surface area contributed by atoms with Crippen molar-refractivity contribution in [2.45, 2.75) is 70.3 Å². The van der Waals surface area contributed by atoms with Crippen LogP contribution in [-0.2, 0) is 0 Å². The molecule has 1 aliphatic rings. The third kappa shape index (κ3) is 4.52. The maximum atomic E-state index is 8.78. The molecule has 0 aromatic rings. The van der Waals surface area contributed by atoms with Crippen LogP contribution < -0.4 is 5.73 Å². The summed E-state index contributed by atoms with van der Waals surface area (Å²) in [6, 6.07) is 0. The Morgan fingerprint density at radius 1 is 1.06 bits per heavy atom. The van der Waals surface area contributed by atoms with Gasteiger partial charge in [-0.05, 0) is 45.2 Å². The number of rotatable bonds is 10. The van der Waals surface area contributed by atoms with Crippen molar-refractivity contribution in [3.8, 4) is 0 Å². The summed E-state index contributed by atoms with van der Waals surface area (Å²) in [5, 5.41) is 8.78. The second kappa shape index (κ2) is 8.89. The van der Waals surface area contributed by atoms with E-state index in [4.69, 9.17) is 10.8 Å². The standard InChI is InChI=1S/C15H32N2O/c1-2-11-17(12-7-3-4-8-13-18)15(14-16)9-5-6-10-15/h18H,2-14,16H2,1H3. The summed E-state index contributed by atoms with van der Waals surface area (Å²) >= 11 is 0. The average molecular weight is 256 g/mol. The summed E-state index contributed by atoms with van der Waals surface area (Å²) < 4.78 is 0. The first-order chi connectivity index (χ1) is 8.79. The normalized spacial score (nSPS) is 18.7. The van der Waals surface area contributed by atoms with Crippen LogP contribution in [0.5, 0.6) is 0 Å². The van der Waals surface area contributed by atoms with E-state index in [9.17, 15) is 0 Å². The van der Waals surface area contributed by atoms with Crippen LogP contribution in [0.3, 0.4) is 0 Å².